The first-order valence-corrected chi connectivity index (χ1v) is 9.33. The van der Waals surface area contributed by atoms with Gasteiger partial charge in [0.05, 0.1) is 0 Å². The lowest BCUT2D eigenvalue weighted by atomic mass is 9.90. The molecule has 5 heteroatoms. The fourth-order valence-corrected chi connectivity index (χ4v) is 4.43. The molecule has 0 saturated carbocycles. The molecule has 3 aromatic rings. The summed E-state index contributed by atoms with van der Waals surface area (Å²) < 4.78 is 0. The van der Waals surface area contributed by atoms with Crippen molar-refractivity contribution in [2.45, 2.75) is 5.66 Å². The third-order valence-electron chi connectivity index (χ3n) is 5.55. The van der Waals surface area contributed by atoms with Crippen molar-refractivity contribution in [3.8, 4) is 0 Å². The third-order valence-corrected chi connectivity index (χ3v) is 5.55. The number of carbonyl (C=O) groups is 2. The van der Waals surface area contributed by atoms with Gasteiger partial charge in [0.2, 0.25) is 0 Å². The van der Waals surface area contributed by atoms with E-state index in [0.29, 0.717) is 18.7 Å². The Kier molecular flexibility index (Phi) is 3.69. The highest BCUT2D eigenvalue weighted by atomic mass is 16.2. The van der Waals surface area contributed by atoms with E-state index < -0.39 is 5.66 Å². The largest absolute Gasteiger partial charge is 0.324 e. The number of hydrogen-bond acceptors (Lipinski definition) is 2. The molecule has 1 fully saturated rings. The van der Waals surface area contributed by atoms with Crippen molar-refractivity contribution in [3.05, 3.63) is 102 Å². The topological polar surface area (TPSA) is 52.7 Å². The Morgan fingerprint density at radius 3 is 2.21 bits per heavy atom. The van der Waals surface area contributed by atoms with Crippen LogP contribution in [0.5, 0.6) is 0 Å². The lowest BCUT2D eigenvalue weighted by molar-refractivity contribution is 0.0560. The Bertz CT molecular complexity index is 1050. The number of nitrogens with one attached hydrogen (secondary N) is 1. The summed E-state index contributed by atoms with van der Waals surface area (Å²) in [5.41, 5.74) is 2.23. The van der Waals surface area contributed by atoms with E-state index in [2.05, 4.69) is 5.32 Å². The minimum absolute atomic E-state index is 0.0329. The van der Waals surface area contributed by atoms with Crippen molar-refractivity contribution in [1.82, 2.24) is 9.80 Å². The molecular formula is C23H19N3O2. The van der Waals surface area contributed by atoms with Crippen molar-refractivity contribution in [1.29, 1.82) is 0 Å². The highest BCUT2D eigenvalue weighted by Crippen LogP contribution is 2.49. The Hall–Kier alpha value is -3.60. The van der Waals surface area contributed by atoms with Crippen molar-refractivity contribution >= 4 is 17.6 Å². The minimum atomic E-state index is -0.923. The van der Waals surface area contributed by atoms with E-state index in [9.17, 15) is 9.59 Å². The van der Waals surface area contributed by atoms with Crippen LogP contribution >= 0.6 is 0 Å². The van der Waals surface area contributed by atoms with Gasteiger partial charge >= 0.3 is 6.03 Å². The molecule has 0 spiro atoms. The molecule has 2 aliphatic rings. The summed E-state index contributed by atoms with van der Waals surface area (Å²) >= 11 is 0. The number of anilines is 1. The van der Waals surface area contributed by atoms with Gasteiger partial charge in [-0.25, -0.2) is 4.79 Å². The fourth-order valence-electron chi connectivity index (χ4n) is 4.43. The Balaban J connectivity index is 1.67. The van der Waals surface area contributed by atoms with Gasteiger partial charge in [0.25, 0.3) is 5.91 Å². The molecule has 0 aromatic heterocycles. The molecule has 1 saturated heterocycles. The maximum Gasteiger partial charge on any atom is 0.324 e. The van der Waals surface area contributed by atoms with E-state index in [1.165, 1.54) is 0 Å². The summed E-state index contributed by atoms with van der Waals surface area (Å²) in [5, 5.41) is 2.99. The third kappa shape index (κ3) is 2.19. The summed E-state index contributed by atoms with van der Waals surface area (Å²) in [4.78, 5) is 30.1. The molecule has 3 aromatic carbocycles. The molecule has 2 heterocycles. The van der Waals surface area contributed by atoms with E-state index in [-0.39, 0.29) is 11.9 Å². The first-order chi connectivity index (χ1) is 13.7. The maximum atomic E-state index is 13.3. The van der Waals surface area contributed by atoms with Gasteiger partial charge in [-0.2, -0.15) is 0 Å². The first kappa shape index (κ1) is 16.6. The van der Waals surface area contributed by atoms with Gasteiger partial charge in [-0.15, -0.1) is 0 Å². The zero-order valence-electron chi connectivity index (χ0n) is 15.2. The molecule has 0 radical (unpaired) electrons. The van der Waals surface area contributed by atoms with E-state index >= 15 is 0 Å². The molecular weight excluding hydrogens is 350 g/mol. The monoisotopic (exact) mass is 369 g/mol. The van der Waals surface area contributed by atoms with E-state index in [1.54, 1.807) is 4.90 Å². The first-order valence-electron chi connectivity index (χ1n) is 9.33. The van der Waals surface area contributed by atoms with Gasteiger partial charge in [0.1, 0.15) is 0 Å². The van der Waals surface area contributed by atoms with Gasteiger partial charge in [-0.05, 0) is 18.2 Å². The second-order valence-electron chi connectivity index (χ2n) is 6.99. The molecule has 3 amide bonds. The number of benzene rings is 3. The number of para-hydroxylation sites is 1. The van der Waals surface area contributed by atoms with Crippen LogP contribution in [0.1, 0.15) is 21.5 Å². The highest BCUT2D eigenvalue weighted by molar-refractivity contribution is 6.02. The number of fused-ring (bicyclic) bond motifs is 3. The van der Waals surface area contributed by atoms with Crippen molar-refractivity contribution in [3.63, 3.8) is 0 Å². The lowest BCUT2D eigenvalue weighted by Crippen LogP contribution is -2.52. The van der Waals surface area contributed by atoms with Crippen LogP contribution in [0.15, 0.2) is 84.9 Å². The summed E-state index contributed by atoms with van der Waals surface area (Å²) in [6.45, 7) is 0.957. The number of urea groups is 1. The summed E-state index contributed by atoms with van der Waals surface area (Å²) in [6.07, 6.45) is 0. The predicted octanol–water partition coefficient (Wildman–Crippen LogP) is 3.89. The molecule has 1 N–H and O–H groups in total. The van der Waals surface area contributed by atoms with Gasteiger partial charge in [-0.1, -0.05) is 66.7 Å². The Morgan fingerprint density at radius 2 is 1.46 bits per heavy atom. The lowest BCUT2D eigenvalue weighted by Gasteiger charge is -2.40. The molecule has 5 rings (SSSR count). The van der Waals surface area contributed by atoms with Crippen LogP contribution in [0, 0.1) is 0 Å². The van der Waals surface area contributed by atoms with Crippen LogP contribution in [0.4, 0.5) is 10.5 Å². The number of nitrogens with zero attached hydrogens (tertiary/aromatic N) is 2. The average Bonchev–Trinajstić information content (AvgIpc) is 3.26. The normalized spacial score (nSPS) is 20.1. The number of rotatable bonds is 2. The molecule has 138 valence electrons. The van der Waals surface area contributed by atoms with E-state index in [4.69, 9.17) is 0 Å². The Morgan fingerprint density at radius 1 is 0.821 bits per heavy atom. The molecule has 28 heavy (non-hydrogen) atoms. The Labute approximate surface area is 163 Å². The van der Waals surface area contributed by atoms with Crippen LogP contribution in [0.3, 0.4) is 0 Å². The summed E-state index contributed by atoms with van der Waals surface area (Å²) in [5.74, 6) is -0.0329. The molecule has 1 atom stereocenters. The standard InChI is InChI=1S/C23H19N3O2/c27-21-19-13-7-8-14-20(19)23(17-9-3-1-4-10-17)25(21)15-16-26(23)22(28)24-18-11-5-2-6-12-18/h1-14H,15-16H2,(H,24,28)/t23-/m0/s1. The second kappa shape index (κ2) is 6.23. The van der Waals surface area contributed by atoms with Gasteiger partial charge < -0.3 is 10.2 Å². The van der Waals surface area contributed by atoms with Crippen LogP contribution in [-0.2, 0) is 5.66 Å². The van der Waals surface area contributed by atoms with Crippen LogP contribution in [0.25, 0.3) is 0 Å². The molecule has 0 aliphatic carbocycles. The fraction of sp³-hybridized carbons (Fsp3) is 0.130. The van der Waals surface area contributed by atoms with Gasteiger partial charge in [0, 0.05) is 35.5 Å². The smallest absolute Gasteiger partial charge is 0.308 e. The molecule has 2 aliphatic heterocycles. The quantitative estimate of drug-likeness (QED) is 0.745. The molecule has 5 nitrogen and oxygen atoms in total. The van der Waals surface area contributed by atoms with Crippen molar-refractivity contribution < 1.29 is 9.59 Å². The van der Waals surface area contributed by atoms with Crippen molar-refractivity contribution in [2.75, 3.05) is 18.4 Å². The van der Waals surface area contributed by atoms with Crippen LogP contribution < -0.4 is 5.32 Å². The molecule has 0 unspecified atom stereocenters. The van der Waals surface area contributed by atoms with Crippen LogP contribution in [-0.4, -0.2) is 34.8 Å². The predicted molar refractivity (Wildman–Crippen MR) is 107 cm³/mol. The second-order valence-corrected chi connectivity index (χ2v) is 6.99. The minimum Gasteiger partial charge on any atom is -0.308 e. The average molecular weight is 369 g/mol. The van der Waals surface area contributed by atoms with Gasteiger partial charge in [0.15, 0.2) is 5.66 Å². The maximum absolute atomic E-state index is 13.3. The zero-order valence-corrected chi connectivity index (χ0v) is 15.2. The number of carbonyl (C=O) groups excluding carboxylic acids is 2. The summed E-state index contributed by atoms with van der Waals surface area (Å²) in [7, 11) is 0. The SMILES string of the molecule is O=C(Nc1ccccc1)N1CCN2C(=O)c3ccccc3[C@]12c1ccccc1. The number of hydrogen-bond donors (Lipinski definition) is 1. The van der Waals surface area contributed by atoms with Gasteiger partial charge in [-0.3, -0.25) is 9.69 Å². The summed E-state index contributed by atoms with van der Waals surface area (Å²) in [6, 6.07) is 26.5. The van der Waals surface area contributed by atoms with Crippen LogP contribution in [0.2, 0.25) is 0 Å². The molecule has 0 bridgehead atoms. The van der Waals surface area contributed by atoms with E-state index in [1.807, 2.05) is 89.8 Å². The number of amides is 3. The highest BCUT2D eigenvalue weighted by Gasteiger charge is 2.59. The van der Waals surface area contributed by atoms with Crippen molar-refractivity contribution in [2.24, 2.45) is 0 Å². The van der Waals surface area contributed by atoms with E-state index in [0.717, 1.165) is 16.8 Å². The zero-order chi connectivity index (χ0) is 19.1.